The largest absolute Gasteiger partial charge is 0.383 e. The van der Waals surface area contributed by atoms with E-state index in [1.807, 2.05) is 17.9 Å². The molecule has 0 spiro atoms. The monoisotopic (exact) mass is 452 g/mol. The van der Waals surface area contributed by atoms with Crippen LogP contribution >= 0.6 is 24.0 Å². The molecule has 1 aliphatic rings. The van der Waals surface area contributed by atoms with Gasteiger partial charge in [-0.2, -0.15) is 0 Å². The molecule has 3 N–H and O–H groups in total. The van der Waals surface area contributed by atoms with Gasteiger partial charge in [0, 0.05) is 26.2 Å². The molecule has 0 radical (unpaired) electrons. The van der Waals surface area contributed by atoms with E-state index in [0.717, 1.165) is 5.56 Å². The summed E-state index contributed by atoms with van der Waals surface area (Å²) in [6.07, 6.45) is 0. The van der Waals surface area contributed by atoms with Gasteiger partial charge in [0.05, 0.1) is 32.1 Å². The molecule has 2 rings (SSSR count). The van der Waals surface area contributed by atoms with Crippen molar-refractivity contribution >= 4 is 35.6 Å². The van der Waals surface area contributed by atoms with Gasteiger partial charge in [-0.1, -0.05) is 6.07 Å². The Bertz CT molecular complexity index is 539. The van der Waals surface area contributed by atoms with Crippen LogP contribution in [0.5, 0.6) is 0 Å². The first-order valence-electron chi connectivity index (χ1n) is 7.76. The third-order valence-corrected chi connectivity index (χ3v) is 3.61. The van der Waals surface area contributed by atoms with Crippen LogP contribution in [0.3, 0.4) is 0 Å². The van der Waals surface area contributed by atoms with Crippen molar-refractivity contribution in [3.8, 4) is 0 Å². The smallest absolute Gasteiger partial charge is 0.189 e. The number of hydrogen-bond donors (Lipinski definition) is 2. The number of rotatable bonds is 6. The number of benzene rings is 1. The predicted molar refractivity (Wildman–Crippen MR) is 105 cm³/mol. The van der Waals surface area contributed by atoms with Crippen LogP contribution in [0.4, 0.5) is 10.1 Å². The van der Waals surface area contributed by atoms with Gasteiger partial charge in [0.1, 0.15) is 5.82 Å². The molecular formula is C16H26FIN4O2. The summed E-state index contributed by atoms with van der Waals surface area (Å²) in [5.74, 6) is 0.0890. The van der Waals surface area contributed by atoms with Crippen LogP contribution in [0.2, 0.25) is 0 Å². The molecule has 8 heteroatoms. The van der Waals surface area contributed by atoms with Gasteiger partial charge in [0.15, 0.2) is 5.96 Å². The zero-order valence-electron chi connectivity index (χ0n) is 14.1. The maximum atomic E-state index is 14.3. The number of aliphatic imine (C=N–C) groups is 1. The molecule has 1 aromatic rings. The van der Waals surface area contributed by atoms with E-state index in [1.165, 1.54) is 6.07 Å². The number of nitrogens with zero attached hydrogens (tertiary/aromatic N) is 2. The van der Waals surface area contributed by atoms with Gasteiger partial charge < -0.3 is 25.4 Å². The zero-order valence-corrected chi connectivity index (χ0v) is 16.5. The lowest BCUT2D eigenvalue weighted by Crippen LogP contribution is -2.40. The molecule has 0 saturated carbocycles. The van der Waals surface area contributed by atoms with Gasteiger partial charge >= 0.3 is 0 Å². The topological polar surface area (TPSA) is 72.1 Å². The predicted octanol–water partition coefficient (Wildman–Crippen LogP) is 1.72. The summed E-state index contributed by atoms with van der Waals surface area (Å²) in [5.41, 5.74) is 7.20. The fraction of sp³-hybridized carbons (Fsp3) is 0.562. The van der Waals surface area contributed by atoms with Gasteiger partial charge in [0.25, 0.3) is 0 Å². The molecule has 0 aromatic heterocycles. The third kappa shape index (κ3) is 6.40. The number of halogens is 2. The number of guanidine groups is 1. The summed E-state index contributed by atoms with van der Waals surface area (Å²) < 4.78 is 24.6. The lowest BCUT2D eigenvalue weighted by Gasteiger charge is -2.29. The van der Waals surface area contributed by atoms with Crippen molar-refractivity contribution in [1.29, 1.82) is 0 Å². The molecule has 1 aliphatic heterocycles. The molecule has 24 heavy (non-hydrogen) atoms. The molecular weight excluding hydrogens is 426 g/mol. The van der Waals surface area contributed by atoms with Gasteiger partial charge in [-0.25, -0.2) is 9.38 Å². The molecule has 136 valence electrons. The second-order valence-electron chi connectivity index (χ2n) is 5.59. The van der Waals surface area contributed by atoms with Crippen molar-refractivity contribution in [1.82, 2.24) is 5.32 Å². The zero-order chi connectivity index (χ0) is 16.7. The lowest BCUT2D eigenvalue weighted by atomic mass is 10.1. The maximum Gasteiger partial charge on any atom is 0.189 e. The average Bonchev–Trinajstić information content (AvgIpc) is 2.54. The average molecular weight is 452 g/mol. The standard InChI is InChI=1S/C16H25FN4O2.HI/c1-12(11-22-2)20-16(18)19-10-13-3-4-15(14(17)9-13)21-5-7-23-8-6-21;/h3-4,9,12H,5-8,10-11H2,1-2H3,(H3,18,19,20);1H. The number of nitrogens with two attached hydrogens (primary N) is 1. The highest BCUT2D eigenvalue weighted by atomic mass is 127. The van der Waals surface area contributed by atoms with E-state index in [4.69, 9.17) is 15.2 Å². The van der Waals surface area contributed by atoms with Crippen molar-refractivity contribution in [2.45, 2.75) is 19.5 Å². The highest BCUT2D eigenvalue weighted by molar-refractivity contribution is 14.0. The molecule has 1 saturated heterocycles. The number of nitrogens with one attached hydrogen (secondary N) is 1. The Morgan fingerprint density at radius 3 is 2.79 bits per heavy atom. The van der Waals surface area contributed by atoms with Gasteiger partial charge in [-0.3, -0.25) is 0 Å². The van der Waals surface area contributed by atoms with Crippen LogP contribution in [0.25, 0.3) is 0 Å². The summed E-state index contributed by atoms with van der Waals surface area (Å²) in [5, 5.41) is 3.02. The first-order valence-corrected chi connectivity index (χ1v) is 7.76. The highest BCUT2D eigenvalue weighted by Gasteiger charge is 2.15. The summed E-state index contributed by atoms with van der Waals surface area (Å²) in [6, 6.07) is 5.26. The van der Waals surface area contributed by atoms with Crippen LogP contribution < -0.4 is 16.0 Å². The Morgan fingerprint density at radius 2 is 2.17 bits per heavy atom. The molecule has 1 aromatic carbocycles. The molecule has 6 nitrogen and oxygen atoms in total. The highest BCUT2D eigenvalue weighted by Crippen LogP contribution is 2.21. The second kappa shape index (κ2) is 10.7. The van der Waals surface area contributed by atoms with Crippen molar-refractivity contribution in [2.24, 2.45) is 10.7 Å². The van der Waals surface area contributed by atoms with E-state index in [9.17, 15) is 4.39 Å². The molecule has 1 atom stereocenters. The third-order valence-electron chi connectivity index (χ3n) is 3.61. The number of morpholine rings is 1. The van der Waals surface area contributed by atoms with E-state index >= 15 is 0 Å². The van der Waals surface area contributed by atoms with E-state index in [1.54, 1.807) is 13.2 Å². The number of hydrogen-bond acceptors (Lipinski definition) is 4. The van der Waals surface area contributed by atoms with Crippen LogP contribution in [-0.2, 0) is 16.0 Å². The van der Waals surface area contributed by atoms with Crippen molar-refractivity contribution in [3.05, 3.63) is 29.6 Å². The summed E-state index contributed by atoms with van der Waals surface area (Å²) >= 11 is 0. The normalized spacial score (nSPS) is 16.5. The lowest BCUT2D eigenvalue weighted by molar-refractivity contribution is 0.122. The second-order valence-corrected chi connectivity index (χ2v) is 5.59. The maximum absolute atomic E-state index is 14.3. The molecule has 0 amide bonds. The number of anilines is 1. The molecule has 1 heterocycles. The molecule has 0 bridgehead atoms. The van der Waals surface area contributed by atoms with Crippen molar-refractivity contribution in [2.75, 3.05) is 44.9 Å². The van der Waals surface area contributed by atoms with Crippen molar-refractivity contribution < 1.29 is 13.9 Å². The van der Waals surface area contributed by atoms with Crippen molar-refractivity contribution in [3.63, 3.8) is 0 Å². The van der Waals surface area contributed by atoms with Crippen LogP contribution in [0, 0.1) is 5.82 Å². The van der Waals surface area contributed by atoms with Gasteiger partial charge in [0.2, 0.25) is 0 Å². The van der Waals surface area contributed by atoms with Gasteiger partial charge in [-0.15, -0.1) is 24.0 Å². The Kier molecular flexibility index (Phi) is 9.30. The Balaban J connectivity index is 0.00000288. The van der Waals surface area contributed by atoms with Crippen LogP contribution in [-0.4, -0.2) is 52.0 Å². The summed E-state index contributed by atoms with van der Waals surface area (Å²) in [4.78, 5) is 6.22. The van der Waals surface area contributed by atoms with E-state index in [2.05, 4.69) is 10.3 Å². The van der Waals surface area contributed by atoms with E-state index < -0.39 is 0 Å². The van der Waals surface area contributed by atoms with E-state index in [0.29, 0.717) is 51.1 Å². The summed E-state index contributed by atoms with van der Waals surface area (Å²) in [6.45, 7) is 5.51. The fourth-order valence-corrected chi connectivity index (χ4v) is 2.48. The molecule has 0 aliphatic carbocycles. The minimum Gasteiger partial charge on any atom is -0.383 e. The first kappa shape index (κ1) is 20.9. The first-order chi connectivity index (χ1) is 11.1. The minimum absolute atomic E-state index is 0. The fourth-order valence-electron chi connectivity index (χ4n) is 2.48. The number of ether oxygens (including phenoxy) is 2. The Morgan fingerprint density at radius 1 is 1.46 bits per heavy atom. The Labute approximate surface area is 159 Å². The summed E-state index contributed by atoms with van der Waals surface area (Å²) in [7, 11) is 1.63. The van der Waals surface area contributed by atoms with Gasteiger partial charge in [-0.05, 0) is 24.6 Å². The molecule has 1 fully saturated rings. The SMILES string of the molecule is COCC(C)NC(N)=NCc1ccc(N2CCOCC2)c(F)c1.I. The Hall–Kier alpha value is -1.13. The molecule has 1 unspecified atom stereocenters. The van der Waals surface area contributed by atoms with Crippen LogP contribution in [0.1, 0.15) is 12.5 Å². The van der Waals surface area contributed by atoms with Crippen LogP contribution in [0.15, 0.2) is 23.2 Å². The van der Waals surface area contributed by atoms with E-state index in [-0.39, 0.29) is 35.8 Å². The minimum atomic E-state index is -0.237. The quantitative estimate of drug-likeness (QED) is 0.391. The number of methoxy groups -OCH3 is 1.